The predicted molar refractivity (Wildman–Crippen MR) is 95.9 cm³/mol. The summed E-state index contributed by atoms with van der Waals surface area (Å²) in [4.78, 5) is 4.42. The highest BCUT2D eigenvalue weighted by molar-refractivity contribution is 8.02. The Hall–Kier alpha value is -0.743. The van der Waals surface area contributed by atoms with Crippen LogP contribution in [-0.2, 0) is 4.43 Å². The number of nitrogens with zero attached hydrogens (tertiary/aromatic N) is 1. The van der Waals surface area contributed by atoms with Gasteiger partial charge in [0.15, 0.2) is 0 Å². The molecule has 0 aliphatic heterocycles. The van der Waals surface area contributed by atoms with Crippen LogP contribution in [0, 0.1) is 5.92 Å². The van der Waals surface area contributed by atoms with Gasteiger partial charge in [-0.05, 0) is 60.4 Å². The summed E-state index contributed by atoms with van der Waals surface area (Å²) in [6.07, 6.45) is 5.25. The van der Waals surface area contributed by atoms with Crippen molar-refractivity contribution in [2.45, 2.75) is 64.2 Å². The minimum atomic E-state index is -1.63. The van der Waals surface area contributed by atoms with E-state index in [0.717, 1.165) is 16.5 Å². The van der Waals surface area contributed by atoms with Gasteiger partial charge in [0, 0.05) is 6.20 Å². The molecule has 21 heavy (non-hydrogen) atoms. The van der Waals surface area contributed by atoms with E-state index in [1.54, 1.807) is 11.8 Å². The fourth-order valence-corrected chi connectivity index (χ4v) is 6.02. The van der Waals surface area contributed by atoms with Gasteiger partial charge in [0.2, 0.25) is 0 Å². The van der Waals surface area contributed by atoms with Gasteiger partial charge in [0.05, 0.1) is 0 Å². The van der Waals surface area contributed by atoms with Crippen LogP contribution in [0.25, 0.3) is 0 Å². The molecule has 0 fully saturated rings. The predicted octanol–water partition coefficient (Wildman–Crippen LogP) is 6.08. The SMILES string of the molecule is CC[C@H](C)/C=C(\O[Si](CC)(CC)CC)Sc1ccccn1. The quantitative estimate of drug-likeness (QED) is 0.312. The van der Waals surface area contributed by atoms with Gasteiger partial charge in [-0.15, -0.1) is 0 Å². The first-order valence-electron chi connectivity index (χ1n) is 8.08. The lowest BCUT2D eigenvalue weighted by atomic mass is 10.1. The summed E-state index contributed by atoms with van der Waals surface area (Å²) in [6, 6.07) is 9.53. The number of rotatable bonds is 9. The van der Waals surface area contributed by atoms with Crippen LogP contribution in [0.4, 0.5) is 0 Å². The van der Waals surface area contributed by atoms with E-state index < -0.39 is 8.32 Å². The molecular weight excluding hydrogens is 294 g/mol. The second-order valence-corrected chi connectivity index (χ2v) is 11.2. The van der Waals surface area contributed by atoms with Crippen molar-refractivity contribution in [2.24, 2.45) is 5.92 Å². The fraction of sp³-hybridized carbons (Fsp3) is 0.588. The summed E-state index contributed by atoms with van der Waals surface area (Å²) in [5, 5.41) is 2.07. The van der Waals surface area contributed by atoms with Crippen molar-refractivity contribution in [3.63, 3.8) is 0 Å². The highest BCUT2D eigenvalue weighted by atomic mass is 32.2. The van der Waals surface area contributed by atoms with E-state index in [1.807, 2.05) is 24.4 Å². The maximum atomic E-state index is 6.59. The zero-order chi connectivity index (χ0) is 15.7. The Morgan fingerprint density at radius 3 is 2.38 bits per heavy atom. The van der Waals surface area contributed by atoms with Gasteiger partial charge in [-0.2, -0.15) is 0 Å². The molecule has 0 aromatic carbocycles. The van der Waals surface area contributed by atoms with Crippen LogP contribution in [0.5, 0.6) is 0 Å². The van der Waals surface area contributed by atoms with E-state index >= 15 is 0 Å². The molecule has 0 aliphatic rings. The van der Waals surface area contributed by atoms with Gasteiger partial charge in [-0.3, -0.25) is 0 Å². The number of hydrogen-bond acceptors (Lipinski definition) is 3. The van der Waals surface area contributed by atoms with Crippen LogP contribution in [0.3, 0.4) is 0 Å². The number of hydrogen-bond donors (Lipinski definition) is 0. The second-order valence-electron chi connectivity index (χ2n) is 5.49. The topological polar surface area (TPSA) is 22.1 Å². The zero-order valence-corrected chi connectivity index (χ0v) is 15.9. The summed E-state index contributed by atoms with van der Waals surface area (Å²) in [6.45, 7) is 11.3. The molecule has 2 nitrogen and oxygen atoms in total. The van der Waals surface area contributed by atoms with Crippen molar-refractivity contribution in [3.05, 3.63) is 35.6 Å². The van der Waals surface area contributed by atoms with Gasteiger partial charge < -0.3 is 4.43 Å². The third-order valence-corrected chi connectivity index (χ3v) is 9.70. The van der Waals surface area contributed by atoms with E-state index in [2.05, 4.69) is 45.7 Å². The van der Waals surface area contributed by atoms with E-state index in [0.29, 0.717) is 5.92 Å². The third-order valence-electron chi connectivity index (χ3n) is 4.16. The first-order chi connectivity index (χ1) is 10.1. The lowest BCUT2D eigenvalue weighted by Crippen LogP contribution is -2.35. The van der Waals surface area contributed by atoms with Crippen LogP contribution < -0.4 is 0 Å². The van der Waals surface area contributed by atoms with Crippen molar-refractivity contribution in [2.75, 3.05) is 0 Å². The van der Waals surface area contributed by atoms with Gasteiger partial charge >= 0.3 is 0 Å². The van der Waals surface area contributed by atoms with Crippen LogP contribution in [0.2, 0.25) is 18.1 Å². The van der Waals surface area contributed by atoms with Gasteiger partial charge in [0.1, 0.15) is 10.1 Å². The van der Waals surface area contributed by atoms with Gasteiger partial charge in [-0.25, -0.2) is 4.98 Å². The summed E-state index contributed by atoms with van der Waals surface area (Å²) < 4.78 is 6.59. The highest BCUT2D eigenvalue weighted by Gasteiger charge is 2.31. The molecular formula is C17H29NOSSi. The van der Waals surface area contributed by atoms with E-state index in [9.17, 15) is 0 Å². The number of thioether (sulfide) groups is 1. The molecule has 1 aromatic heterocycles. The Balaban J connectivity index is 2.95. The summed E-state index contributed by atoms with van der Waals surface area (Å²) in [5.41, 5.74) is 0. The monoisotopic (exact) mass is 323 g/mol. The average molecular weight is 324 g/mol. The molecule has 0 radical (unpaired) electrons. The normalized spacial score (nSPS) is 14.0. The standard InChI is InChI=1S/C17H29NOSSi/c1-6-15(5)14-17(19-21(7-2,8-3)9-4)20-16-12-10-11-13-18-16/h10-15H,6-9H2,1-5H3/b17-14+/t15-/m0/s1. The molecule has 118 valence electrons. The Morgan fingerprint density at radius 1 is 1.24 bits per heavy atom. The average Bonchev–Trinajstić information content (AvgIpc) is 2.53. The molecule has 4 heteroatoms. The van der Waals surface area contributed by atoms with Crippen molar-refractivity contribution >= 4 is 20.1 Å². The number of aromatic nitrogens is 1. The third kappa shape index (κ3) is 5.87. The molecule has 0 N–H and O–H groups in total. The largest absolute Gasteiger partial charge is 0.539 e. The lowest BCUT2D eigenvalue weighted by molar-refractivity contribution is 0.435. The minimum Gasteiger partial charge on any atom is -0.539 e. The number of allylic oxidation sites excluding steroid dienone is 1. The molecule has 0 saturated carbocycles. The van der Waals surface area contributed by atoms with Crippen LogP contribution >= 0.6 is 11.8 Å². The molecule has 0 unspecified atom stereocenters. The Labute approximate surface area is 135 Å². The molecule has 0 bridgehead atoms. The van der Waals surface area contributed by atoms with E-state index in [4.69, 9.17) is 4.43 Å². The molecule has 0 spiro atoms. The minimum absolute atomic E-state index is 0.536. The first kappa shape index (κ1) is 18.3. The fourth-order valence-electron chi connectivity index (χ4n) is 2.13. The highest BCUT2D eigenvalue weighted by Crippen LogP contribution is 2.33. The van der Waals surface area contributed by atoms with Crippen LogP contribution in [0.1, 0.15) is 41.0 Å². The number of pyridine rings is 1. The van der Waals surface area contributed by atoms with E-state index in [-0.39, 0.29) is 0 Å². The van der Waals surface area contributed by atoms with E-state index in [1.165, 1.54) is 18.1 Å². The maximum Gasteiger partial charge on any atom is 0.251 e. The van der Waals surface area contributed by atoms with Gasteiger partial charge in [0.25, 0.3) is 8.32 Å². The Kier molecular flexibility index (Phi) is 8.12. The molecule has 0 saturated heterocycles. The second kappa shape index (κ2) is 9.31. The van der Waals surface area contributed by atoms with Crippen LogP contribution in [-0.4, -0.2) is 13.3 Å². The Morgan fingerprint density at radius 2 is 1.90 bits per heavy atom. The van der Waals surface area contributed by atoms with Crippen molar-refractivity contribution in [1.82, 2.24) is 4.98 Å². The molecule has 1 aromatic rings. The summed E-state index contributed by atoms with van der Waals surface area (Å²) in [5.74, 6) is 0.536. The molecule has 1 rings (SSSR count). The molecule has 1 atom stereocenters. The lowest BCUT2D eigenvalue weighted by Gasteiger charge is -2.30. The van der Waals surface area contributed by atoms with Crippen molar-refractivity contribution in [1.29, 1.82) is 0 Å². The maximum absolute atomic E-state index is 6.59. The Bertz CT molecular complexity index is 423. The zero-order valence-electron chi connectivity index (χ0n) is 14.1. The van der Waals surface area contributed by atoms with Crippen LogP contribution in [0.15, 0.2) is 40.6 Å². The molecule has 0 amide bonds. The first-order valence-corrected chi connectivity index (χ1v) is 11.4. The van der Waals surface area contributed by atoms with Crippen molar-refractivity contribution in [3.8, 4) is 0 Å². The summed E-state index contributed by atoms with van der Waals surface area (Å²) >= 11 is 1.67. The smallest absolute Gasteiger partial charge is 0.251 e. The van der Waals surface area contributed by atoms with Gasteiger partial charge in [-0.1, -0.05) is 40.7 Å². The molecule has 1 heterocycles. The molecule has 0 aliphatic carbocycles. The van der Waals surface area contributed by atoms with Crippen molar-refractivity contribution < 1.29 is 4.43 Å². The summed E-state index contributed by atoms with van der Waals surface area (Å²) in [7, 11) is -1.63.